The van der Waals surface area contributed by atoms with Crippen LogP contribution in [0.4, 0.5) is 0 Å². The van der Waals surface area contributed by atoms with Crippen molar-refractivity contribution in [2.45, 2.75) is 19.6 Å². The van der Waals surface area contributed by atoms with Crippen molar-refractivity contribution in [2.75, 3.05) is 7.11 Å². The summed E-state index contributed by atoms with van der Waals surface area (Å²) in [7, 11) is 1.56. The number of methoxy groups -OCH3 is 1. The number of carbonyl (C=O) groups excluding carboxylic acids is 1. The molecule has 15 heavy (non-hydrogen) atoms. The Morgan fingerprint density at radius 3 is 2.67 bits per heavy atom. The molecule has 0 aromatic heterocycles. The lowest BCUT2D eigenvalue weighted by Crippen LogP contribution is -2.38. The highest BCUT2D eigenvalue weighted by atomic mass is 16.7. The van der Waals surface area contributed by atoms with Crippen LogP contribution in [0.25, 0.3) is 0 Å². The van der Waals surface area contributed by atoms with E-state index in [1.54, 1.807) is 39.2 Å². The van der Waals surface area contributed by atoms with Gasteiger partial charge in [-0.05, 0) is 12.1 Å². The number of rotatable bonds is 1. The number of benzene rings is 1. The standard InChI is InChI=1S/C11H12O4/c1-11(2)14-9-6-7(13-3)4-5-8(9)10(12)15-11/h4-6H,1-3H3. The molecule has 0 aliphatic carbocycles. The zero-order valence-corrected chi connectivity index (χ0v) is 8.87. The Balaban J connectivity index is 2.46. The summed E-state index contributed by atoms with van der Waals surface area (Å²) in [4.78, 5) is 11.6. The quantitative estimate of drug-likeness (QED) is 0.662. The van der Waals surface area contributed by atoms with Crippen molar-refractivity contribution in [2.24, 2.45) is 0 Å². The molecule has 0 fully saturated rings. The molecule has 1 aromatic carbocycles. The smallest absolute Gasteiger partial charge is 0.345 e. The van der Waals surface area contributed by atoms with Gasteiger partial charge in [-0.25, -0.2) is 4.79 Å². The van der Waals surface area contributed by atoms with Crippen LogP contribution in [0.3, 0.4) is 0 Å². The van der Waals surface area contributed by atoms with Gasteiger partial charge in [0.25, 0.3) is 0 Å². The third-order valence-electron chi connectivity index (χ3n) is 2.10. The van der Waals surface area contributed by atoms with E-state index in [0.29, 0.717) is 17.1 Å². The maximum Gasteiger partial charge on any atom is 0.345 e. The zero-order valence-electron chi connectivity index (χ0n) is 8.87. The number of ether oxygens (including phenoxy) is 3. The number of hydrogen-bond donors (Lipinski definition) is 0. The maximum atomic E-state index is 11.6. The van der Waals surface area contributed by atoms with E-state index in [4.69, 9.17) is 14.2 Å². The topological polar surface area (TPSA) is 44.8 Å². The van der Waals surface area contributed by atoms with Crippen LogP contribution >= 0.6 is 0 Å². The van der Waals surface area contributed by atoms with E-state index in [2.05, 4.69) is 0 Å². The normalized spacial score (nSPS) is 17.4. The molecule has 0 saturated heterocycles. The van der Waals surface area contributed by atoms with E-state index in [9.17, 15) is 4.79 Å². The van der Waals surface area contributed by atoms with Crippen LogP contribution in [-0.4, -0.2) is 18.9 Å². The van der Waals surface area contributed by atoms with Crippen LogP contribution in [-0.2, 0) is 4.74 Å². The number of hydrogen-bond acceptors (Lipinski definition) is 4. The predicted octanol–water partition coefficient (Wildman–Crippen LogP) is 1.98. The van der Waals surface area contributed by atoms with Gasteiger partial charge in [-0.15, -0.1) is 0 Å². The molecule has 1 heterocycles. The average Bonchev–Trinajstić information content (AvgIpc) is 2.14. The molecule has 0 bridgehead atoms. The van der Waals surface area contributed by atoms with Gasteiger partial charge in [0, 0.05) is 19.9 Å². The fraction of sp³-hybridized carbons (Fsp3) is 0.364. The van der Waals surface area contributed by atoms with Crippen LogP contribution in [0.5, 0.6) is 11.5 Å². The van der Waals surface area contributed by atoms with Crippen LogP contribution in [0.1, 0.15) is 24.2 Å². The van der Waals surface area contributed by atoms with E-state index in [-0.39, 0.29) is 5.97 Å². The van der Waals surface area contributed by atoms with Crippen LogP contribution in [0.15, 0.2) is 18.2 Å². The Bertz CT molecular complexity index is 409. The van der Waals surface area contributed by atoms with Gasteiger partial charge in [-0.2, -0.15) is 0 Å². The van der Waals surface area contributed by atoms with Gasteiger partial charge in [0.2, 0.25) is 5.79 Å². The highest BCUT2D eigenvalue weighted by Crippen LogP contribution is 2.33. The Hall–Kier alpha value is -1.71. The molecule has 0 amide bonds. The van der Waals surface area contributed by atoms with Gasteiger partial charge in [0.15, 0.2) is 0 Å². The first-order valence-electron chi connectivity index (χ1n) is 4.62. The van der Waals surface area contributed by atoms with Crippen LogP contribution in [0, 0.1) is 0 Å². The molecular weight excluding hydrogens is 196 g/mol. The highest BCUT2D eigenvalue weighted by molar-refractivity contribution is 5.93. The highest BCUT2D eigenvalue weighted by Gasteiger charge is 2.33. The molecule has 0 saturated carbocycles. The summed E-state index contributed by atoms with van der Waals surface area (Å²) >= 11 is 0. The Kier molecular flexibility index (Phi) is 2.07. The van der Waals surface area contributed by atoms with Gasteiger partial charge in [0.05, 0.1) is 7.11 Å². The minimum atomic E-state index is -0.920. The predicted molar refractivity (Wildman–Crippen MR) is 53.1 cm³/mol. The molecular formula is C11H12O4. The van der Waals surface area contributed by atoms with Crippen molar-refractivity contribution in [3.8, 4) is 11.5 Å². The van der Waals surface area contributed by atoms with E-state index >= 15 is 0 Å². The van der Waals surface area contributed by atoms with Gasteiger partial charge in [-0.1, -0.05) is 0 Å². The summed E-state index contributed by atoms with van der Waals surface area (Å²) in [5.74, 6) is -0.144. The first kappa shape index (κ1) is 9.83. The monoisotopic (exact) mass is 208 g/mol. The summed E-state index contributed by atoms with van der Waals surface area (Å²) in [6.07, 6.45) is 0. The molecule has 0 atom stereocenters. The third kappa shape index (κ3) is 1.75. The van der Waals surface area contributed by atoms with Crippen molar-refractivity contribution >= 4 is 5.97 Å². The summed E-state index contributed by atoms with van der Waals surface area (Å²) < 4.78 is 15.6. The minimum absolute atomic E-state index is 0.371. The summed E-state index contributed by atoms with van der Waals surface area (Å²) in [5, 5.41) is 0. The van der Waals surface area contributed by atoms with E-state index in [0.717, 1.165) is 0 Å². The first-order valence-corrected chi connectivity index (χ1v) is 4.62. The summed E-state index contributed by atoms with van der Waals surface area (Å²) in [5.41, 5.74) is 0.426. The van der Waals surface area contributed by atoms with Crippen LogP contribution < -0.4 is 9.47 Å². The van der Waals surface area contributed by atoms with E-state index in [1.807, 2.05) is 0 Å². The van der Waals surface area contributed by atoms with Gasteiger partial charge >= 0.3 is 5.97 Å². The van der Waals surface area contributed by atoms with Crippen molar-refractivity contribution < 1.29 is 19.0 Å². The van der Waals surface area contributed by atoms with Crippen molar-refractivity contribution in [3.63, 3.8) is 0 Å². The lowest BCUT2D eigenvalue weighted by molar-refractivity contribution is -0.127. The largest absolute Gasteiger partial charge is 0.497 e. The van der Waals surface area contributed by atoms with Crippen molar-refractivity contribution in [1.82, 2.24) is 0 Å². The second kappa shape index (κ2) is 3.15. The molecule has 0 N–H and O–H groups in total. The average molecular weight is 208 g/mol. The second-order valence-electron chi connectivity index (χ2n) is 3.75. The molecule has 0 spiro atoms. The number of fused-ring (bicyclic) bond motifs is 1. The Labute approximate surface area is 87.8 Å². The summed E-state index contributed by atoms with van der Waals surface area (Å²) in [6, 6.07) is 5.00. The van der Waals surface area contributed by atoms with Crippen molar-refractivity contribution in [1.29, 1.82) is 0 Å². The number of carbonyl (C=O) groups is 1. The fourth-order valence-electron chi connectivity index (χ4n) is 1.45. The number of esters is 1. The molecule has 1 aromatic rings. The minimum Gasteiger partial charge on any atom is -0.497 e. The Morgan fingerprint density at radius 2 is 2.00 bits per heavy atom. The molecule has 1 aliphatic rings. The van der Waals surface area contributed by atoms with E-state index in [1.165, 1.54) is 0 Å². The second-order valence-corrected chi connectivity index (χ2v) is 3.75. The lowest BCUT2D eigenvalue weighted by Gasteiger charge is -2.31. The first-order chi connectivity index (χ1) is 7.02. The SMILES string of the molecule is COc1ccc2c(c1)OC(C)(C)OC2=O. The molecule has 4 nitrogen and oxygen atoms in total. The molecule has 2 rings (SSSR count). The van der Waals surface area contributed by atoms with Gasteiger partial charge in [0.1, 0.15) is 17.1 Å². The van der Waals surface area contributed by atoms with Crippen molar-refractivity contribution in [3.05, 3.63) is 23.8 Å². The zero-order chi connectivity index (χ0) is 11.1. The lowest BCUT2D eigenvalue weighted by atomic mass is 10.1. The number of cyclic esters (lactones) is 1. The molecule has 80 valence electrons. The maximum absolute atomic E-state index is 11.6. The van der Waals surface area contributed by atoms with Gasteiger partial charge in [-0.3, -0.25) is 0 Å². The third-order valence-corrected chi connectivity index (χ3v) is 2.10. The fourth-order valence-corrected chi connectivity index (χ4v) is 1.45. The molecule has 1 aliphatic heterocycles. The Morgan fingerprint density at radius 1 is 1.27 bits per heavy atom. The van der Waals surface area contributed by atoms with Gasteiger partial charge < -0.3 is 14.2 Å². The van der Waals surface area contributed by atoms with Crippen LogP contribution in [0.2, 0.25) is 0 Å². The molecule has 0 radical (unpaired) electrons. The molecule has 0 unspecified atom stereocenters. The molecule has 4 heteroatoms. The summed E-state index contributed by atoms with van der Waals surface area (Å²) in [6.45, 7) is 3.38. The van der Waals surface area contributed by atoms with E-state index < -0.39 is 5.79 Å².